The second-order valence-corrected chi connectivity index (χ2v) is 6.36. The Bertz CT molecular complexity index is 1110. The van der Waals surface area contributed by atoms with Crippen molar-refractivity contribution in [2.75, 3.05) is 5.32 Å². The number of benzene rings is 2. The largest absolute Gasteiger partial charge is 0.323 e. The van der Waals surface area contributed by atoms with Crippen LogP contribution in [0, 0.1) is 6.92 Å². The van der Waals surface area contributed by atoms with Crippen molar-refractivity contribution in [3.63, 3.8) is 0 Å². The fourth-order valence-corrected chi connectivity index (χ4v) is 2.94. The van der Waals surface area contributed by atoms with Crippen LogP contribution in [0.3, 0.4) is 0 Å². The number of nitrogens with one attached hydrogen (secondary N) is 1. The second kappa shape index (κ2) is 7.30. The molecule has 1 N–H and O–H groups in total. The van der Waals surface area contributed by atoms with E-state index >= 15 is 0 Å². The molecule has 4 rings (SSSR count). The minimum absolute atomic E-state index is 0.157. The quantitative estimate of drug-likeness (QED) is 0.527. The molecule has 4 heteroatoms. The lowest BCUT2D eigenvalue weighted by Gasteiger charge is -2.03. The van der Waals surface area contributed by atoms with E-state index in [0.29, 0.717) is 0 Å². The van der Waals surface area contributed by atoms with E-state index in [1.54, 1.807) is 6.08 Å². The van der Waals surface area contributed by atoms with Crippen LogP contribution in [0.4, 0.5) is 5.69 Å². The smallest absolute Gasteiger partial charge is 0.248 e. The molecule has 0 aliphatic rings. The summed E-state index contributed by atoms with van der Waals surface area (Å²) in [5, 5.41) is 2.88. The Hall–Kier alpha value is -3.66. The molecule has 0 aliphatic heterocycles. The molecule has 27 heavy (non-hydrogen) atoms. The zero-order valence-electron chi connectivity index (χ0n) is 15.0. The molecule has 0 spiro atoms. The summed E-state index contributed by atoms with van der Waals surface area (Å²) in [7, 11) is 0. The van der Waals surface area contributed by atoms with Crippen LogP contribution in [0.2, 0.25) is 0 Å². The topological polar surface area (TPSA) is 46.4 Å². The number of amides is 1. The number of aromatic nitrogens is 2. The van der Waals surface area contributed by atoms with Gasteiger partial charge in [-0.2, -0.15) is 0 Å². The molecule has 0 unspecified atom stereocenters. The number of hydrogen-bond donors (Lipinski definition) is 1. The highest BCUT2D eigenvalue weighted by Crippen LogP contribution is 2.22. The minimum Gasteiger partial charge on any atom is -0.323 e. The number of rotatable bonds is 4. The molecule has 2 aromatic carbocycles. The molecular weight excluding hydrogens is 334 g/mol. The van der Waals surface area contributed by atoms with Gasteiger partial charge in [-0.3, -0.25) is 4.79 Å². The van der Waals surface area contributed by atoms with Gasteiger partial charge < -0.3 is 9.72 Å². The Morgan fingerprint density at radius 1 is 1.00 bits per heavy atom. The third kappa shape index (κ3) is 3.80. The van der Waals surface area contributed by atoms with Gasteiger partial charge in [0.2, 0.25) is 5.91 Å². The lowest BCUT2D eigenvalue weighted by molar-refractivity contribution is -0.111. The first-order valence-corrected chi connectivity index (χ1v) is 8.78. The molecule has 132 valence electrons. The third-order valence-electron chi connectivity index (χ3n) is 4.35. The number of nitrogens with zero attached hydrogens (tertiary/aromatic N) is 2. The molecule has 0 saturated carbocycles. The average molecular weight is 353 g/mol. The maximum absolute atomic E-state index is 12.1. The normalized spacial score (nSPS) is 11.1. The lowest BCUT2D eigenvalue weighted by atomic mass is 10.1. The van der Waals surface area contributed by atoms with Crippen LogP contribution in [0.1, 0.15) is 11.1 Å². The standard InChI is InChI=1S/C23H19N3O/c1-17-6-5-15-26-16-21(25-23(17)26)19-10-12-20(13-11-19)24-22(27)14-9-18-7-3-2-4-8-18/h2-16H,1H3,(H,24,27)/b14-9+. The van der Waals surface area contributed by atoms with Gasteiger partial charge in [0.15, 0.2) is 0 Å². The van der Waals surface area contributed by atoms with Crippen molar-refractivity contribution in [2.24, 2.45) is 0 Å². The van der Waals surface area contributed by atoms with Crippen molar-refractivity contribution in [2.45, 2.75) is 6.92 Å². The van der Waals surface area contributed by atoms with E-state index in [-0.39, 0.29) is 5.91 Å². The van der Waals surface area contributed by atoms with Gasteiger partial charge in [0.1, 0.15) is 5.65 Å². The summed E-state index contributed by atoms with van der Waals surface area (Å²) in [4.78, 5) is 16.8. The van der Waals surface area contributed by atoms with Gasteiger partial charge in [-0.25, -0.2) is 4.98 Å². The summed E-state index contributed by atoms with van der Waals surface area (Å²) in [6.45, 7) is 2.05. The van der Waals surface area contributed by atoms with Gasteiger partial charge in [0.25, 0.3) is 0 Å². The maximum Gasteiger partial charge on any atom is 0.248 e. The fraction of sp³-hybridized carbons (Fsp3) is 0.0435. The molecule has 2 aromatic heterocycles. The summed E-state index contributed by atoms with van der Waals surface area (Å²) in [6.07, 6.45) is 7.34. The van der Waals surface area contributed by atoms with Crippen molar-refractivity contribution in [1.29, 1.82) is 0 Å². The number of fused-ring (bicyclic) bond motifs is 1. The van der Waals surface area contributed by atoms with Gasteiger partial charge in [-0.1, -0.05) is 48.5 Å². The maximum atomic E-state index is 12.1. The second-order valence-electron chi connectivity index (χ2n) is 6.36. The van der Waals surface area contributed by atoms with Crippen LogP contribution in [-0.2, 0) is 4.79 Å². The number of pyridine rings is 1. The highest BCUT2D eigenvalue weighted by molar-refractivity contribution is 6.02. The van der Waals surface area contributed by atoms with Crippen LogP contribution in [0.5, 0.6) is 0 Å². The minimum atomic E-state index is -0.157. The Morgan fingerprint density at radius 3 is 2.52 bits per heavy atom. The Morgan fingerprint density at radius 2 is 1.78 bits per heavy atom. The molecule has 0 radical (unpaired) electrons. The van der Waals surface area contributed by atoms with Crippen LogP contribution >= 0.6 is 0 Å². The first kappa shape index (κ1) is 16.8. The molecule has 4 aromatic rings. The van der Waals surface area contributed by atoms with E-state index in [1.165, 1.54) is 6.08 Å². The van der Waals surface area contributed by atoms with Crippen LogP contribution in [0.25, 0.3) is 23.0 Å². The summed E-state index contributed by atoms with van der Waals surface area (Å²) >= 11 is 0. The van der Waals surface area contributed by atoms with Gasteiger partial charge in [-0.05, 0) is 42.3 Å². The van der Waals surface area contributed by atoms with E-state index in [4.69, 9.17) is 4.98 Å². The molecule has 0 aliphatic carbocycles. The fourth-order valence-electron chi connectivity index (χ4n) is 2.94. The van der Waals surface area contributed by atoms with Crippen molar-refractivity contribution >= 4 is 23.3 Å². The Kier molecular flexibility index (Phi) is 4.54. The molecular formula is C23H19N3O. The van der Waals surface area contributed by atoms with Gasteiger partial charge in [0.05, 0.1) is 5.69 Å². The summed E-state index contributed by atoms with van der Waals surface area (Å²) < 4.78 is 2.02. The summed E-state index contributed by atoms with van der Waals surface area (Å²) in [6, 6.07) is 21.5. The highest BCUT2D eigenvalue weighted by Gasteiger charge is 2.06. The number of hydrogen-bond acceptors (Lipinski definition) is 2. The number of aryl methyl sites for hydroxylation is 1. The van der Waals surface area contributed by atoms with Gasteiger partial charge >= 0.3 is 0 Å². The van der Waals surface area contributed by atoms with E-state index in [2.05, 4.69) is 5.32 Å². The molecule has 0 saturated heterocycles. The SMILES string of the molecule is Cc1cccn2cc(-c3ccc(NC(=O)/C=C/c4ccccc4)cc3)nc12. The van der Waals surface area contributed by atoms with E-state index in [1.807, 2.05) is 90.4 Å². The van der Waals surface area contributed by atoms with E-state index in [0.717, 1.165) is 33.7 Å². The predicted molar refractivity (Wildman–Crippen MR) is 109 cm³/mol. The van der Waals surface area contributed by atoms with Crippen molar-refractivity contribution < 1.29 is 4.79 Å². The highest BCUT2D eigenvalue weighted by atomic mass is 16.1. The number of anilines is 1. The van der Waals surface area contributed by atoms with Gasteiger partial charge in [0, 0.05) is 29.7 Å². The first-order valence-electron chi connectivity index (χ1n) is 8.78. The molecule has 0 bridgehead atoms. The zero-order chi connectivity index (χ0) is 18.6. The molecule has 2 heterocycles. The van der Waals surface area contributed by atoms with Gasteiger partial charge in [-0.15, -0.1) is 0 Å². The predicted octanol–water partition coefficient (Wildman–Crippen LogP) is 4.96. The zero-order valence-corrected chi connectivity index (χ0v) is 15.0. The molecule has 0 fully saturated rings. The summed E-state index contributed by atoms with van der Waals surface area (Å²) in [5.74, 6) is -0.157. The van der Waals surface area contributed by atoms with E-state index in [9.17, 15) is 4.79 Å². The van der Waals surface area contributed by atoms with Crippen molar-refractivity contribution in [1.82, 2.24) is 9.38 Å². The summed E-state index contributed by atoms with van der Waals surface area (Å²) in [5.41, 5.74) is 5.75. The number of carbonyl (C=O) groups excluding carboxylic acids is 1. The first-order chi connectivity index (χ1) is 13.2. The van der Waals surface area contributed by atoms with Crippen molar-refractivity contribution in [3.8, 4) is 11.3 Å². The molecule has 1 amide bonds. The van der Waals surface area contributed by atoms with E-state index < -0.39 is 0 Å². The number of carbonyl (C=O) groups is 1. The van der Waals surface area contributed by atoms with Crippen LogP contribution < -0.4 is 5.32 Å². The Labute approximate surface area is 157 Å². The van der Waals surface area contributed by atoms with Crippen LogP contribution in [-0.4, -0.2) is 15.3 Å². The van der Waals surface area contributed by atoms with Crippen molar-refractivity contribution in [3.05, 3.63) is 96.3 Å². The average Bonchev–Trinajstić information content (AvgIpc) is 3.14. The monoisotopic (exact) mass is 353 g/mol. The Balaban J connectivity index is 1.47. The molecule has 0 atom stereocenters. The molecule has 4 nitrogen and oxygen atoms in total. The third-order valence-corrected chi connectivity index (χ3v) is 4.35. The number of imidazole rings is 1. The van der Waals surface area contributed by atoms with Crippen LogP contribution in [0.15, 0.2) is 85.2 Å². The lowest BCUT2D eigenvalue weighted by Crippen LogP contribution is -2.07.